The van der Waals surface area contributed by atoms with E-state index in [4.69, 9.17) is 19.4 Å². The summed E-state index contributed by atoms with van der Waals surface area (Å²) in [7, 11) is 3.33. The molecule has 0 amide bonds. The van der Waals surface area contributed by atoms with Crippen molar-refractivity contribution in [2.24, 2.45) is 0 Å². The van der Waals surface area contributed by atoms with Crippen molar-refractivity contribution in [3.05, 3.63) is 77.2 Å². The molecule has 5 aromatic rings. The Labute approximate surface area is 195 Å². The number of hydrogen-bond acceptors (Lipinski definition) is 7. The zero-order valence-electron chi connectivity index (χ0n) is 18.4. The van der Waals surface area contributed by atoms with Gasteiger partial charge in [0.05, 0.1) is 19.9 Å². The van der Waals surface area contributed by atoms with Crippen molar-refractivity contribution in [3.8, 4) is 28.6 Å². The maximum atomic E-state index is 5.29. The second-order valence-electron chi connectivity index (χ2n) is 7.42. The maximum Gasteiger partial charge on any atom is 0.170 e. The third-order valence-electron chi connectivity index (χ3n) is 5.39. The van der Waals surface area contributed by atoms with Gasteiger partial charge >= 0.3 is 0 Å². The summed E-state index contributed by atoms with van der Waals surface area (Å²) in [5.41, 5.74) is 4.67. The Morgan fingerprint density at radius 2 is 1.64 bits per heavy atom. The highest BCUT2D eigenvalue weighted by molar-refractivity contribution is 7.08. The highest BCUT2D eigenvalue weighted by Crippen LogP contribution is 2.27. The van der Waals surface area contributed by atoms with E-state index in [1.807, 2.05) is 46.3 Å². The van der Waals surface area contributed by atoms with Crippen LogP contribution < -0.4 is 14.8 Å². The average Bonchev–Trinajstić information content (AvgIpc) is 3.54. The molecule has 0 unspecified atom stereocenters. The summed E-state index contributed by atoms with van der Waals surface area (Å²) in [5, 5.41) is 7.59. The molecule has 7 nitrogen and oxygen atoms in total. The molecular formula is C25H23N5O2S. The van der Waals surface area contributed by atoms with E-state index in [9.17, 15) is 0 Å². The van der Waals surface area contributed by atoms with E-state index in [0.29, 0.717) is 18.2 Å². The molecule has 2 aromatic carbocycles. The average molecular weight is 458 g/mol. The number of rotatable bonds is 8. The number of nitrogens with one attached hydrogen (secondary N) is 1. The van der Waals surface area contributed by atoms with Crippen molar-refractivity contribution in [3.63, 3.8) is 0 Å². The van der Waals surface area contributed by atoms with E-state index >= 15 is 0 Å². The molecule has 0 fully saturated rings. The monoisotopic (exact) mass is 457 g/mol. The number of thiophene rings is 1. The van der Waals surface area contributed by atoms with Crippen LogP contribution in [0.25, 0.3) is 28.2 Å². The third kappa shape index (κ3) is 4.38. The number of imidazole rings is 1. The van der Waals surface area contributed by atoms with Gasteiger partial charge in [0.1, 0.15) is 17.8 Å². The highest BCUT2D eigenvalue weighted by Gasteiger charge is 2.15. The van der Waals surface area contributed by atoms with Gasteiger partial charge in [-0.15, -0.1) is 0 Å². The smallest absolute Gasteiger partial charge is 0.170 e. The fourth-order valence-corrected chi connectivity index (χ4v) is 4.22. The molecule has 3 aromatic heterocycles. The molecule has 5 rings (SSSR count). The zero-order chi connectivity index (χ0) is 22.6. The van der Waals surface area contributed by atoms with E-state index in [0.717, 1.165) is 40.3 Å². The molecule has 0 aliphatic rings. The van der Waals surface area contributed by atoms with Crippen LogP contribution in [0.5, 0.6) is 11.5 Å². The van der Waals surface area contributed by atoms with Crippen LogP contribution in [0, 0.1) is 0 Å². The SMILES string of the molecule is COc1ccc(CCNc2nc(-c3ccc(OC)cc3)nc3c2ncn3-c2ccsc2)cc1. The summed E-state index contributed by atoms with van der Waals surface area (Å²) in [4.78, 5) is 14.3. The van der Waals surface area contributed by atoms with E-state index in [1.165, 1.54) is 5.56 Å². The molecular weight excluding hydrogens is 434 g/mol. The minimum absolute atomic E-state index is 0.633. The Morgan fingerprint density at radius 1 is 0.909 bits per heavy atom. The number of nitrogens with zero attached hydrogens (tertiary/aromatic N) is 4. The van der Waals surface area contributed by atoms with Gasteiger partial charge in [0.25, 0.3) is 0 Å². The standard InChI is InChI=1S/C25H23N5O2S/c1-31-20-7-3-17(4-8-20)11-13-26-24-22-25(30(16-27-22)19-12-14-33-15-19)29-23(28-24)18-5-9-21(32-2)10-6-18/h3-10,12,14-16H,11,13H2,1-2H3,(H,26,28,29). The minimum Gasteiger partial charge on any atom is -0.497 e. The Bertz CT molecular complexity index is 1350. The quantitative estimate of drug-likeness (QED) is 0.345. The van der Waals surface area contributed by atoms with Gasteiger partial charge in [-0.3, -0.25) is 4.57 Å². The highest BCUT2D eigenvalue weighted by atomic mass is 32.1. The first-order valence-corrected chi connectivity index (χ1v) is 11.5. The zero-order valence-corrected chi connectivity index (χ0v) is 19.2. The molecule has 1 N–H and O–H groups in total. The third-order valence-corrected chi connectivity index (χ3v) is 6.06. The van der Waals surface area contributed by atoms with Crippen LogP contribution in [0.2, 0.25) is 0 Å². The first-order valence-electron chi connectivity index (χ1n) is 10.5. The van der Waals surface area contributed by atoms with E-state index in [-0.39, 0.29) is 0 Å². The van der Waals surface area contributed by atoms with Crippen molar-refractivity contribution in [1.29, 1.82) is 0 Å². The first kappa shape index (κ1) is 21.0. The molecule has 0 bridgehead atoms. The van der Waals surface area contributed by atoms with Gasteiger partial charge in [0.15, 0.2) is 22.8 Å². The van der Waals surface area contributed by atoms with Gasteiger partial charge in [0.2, 0.25) is 0 Å². The summed E-state index contributed by atoms with van der Waals surface area (Å²) < 4.78 is 12.5. The van der Waals surface area contributed by atoms with Crippen LogP contribution in [0.1, 0.15) is 5.56 Å². The normalized spacial score (nSPS) is 11.0. The number of aromatic nitrogens is 4. The summed E-state index contributed by atoms with van der Waals surface area (Å²) >= 11 is 1.64. The van der Waals surface area contributed by atoms with Crippen LogP contribution in [-0.2, 0) is 6.42 Å². The van der Waals surface area contributed by atoms with Crippen molar-refractivity contribution in [2.75, 3.05) is 26.1 Å². The van der Waals surface area contributed by atoms with Crippen molar-refractivity contribution in [1.82, 2.24) is 19.5 Å². The molecule has 0 saturated heterocycles. The van der Waals surface area contributed by atoms with Crippen molar-refractivity contribution < 1.29 is 9.47 Å². The second kappa shape index (κ2) is 9.30. The van der Waals surface area contributed by atoms with Crippen LogP contribution >= 0.6 is 11.3 Å². The van der Waals surface area contributed by atoms with Gasteiger partial charge < -0.3 is 14.8 Å². The predicted molar refractivity (Wildman–Crippen MR) is 132 cm³/mol. The molecule has 0 aliphatic heterocycles. The van der Waals surface area contributed by atoms with Crippen LogP contribution in [-0.4, -0.2) is 40.3 Å². The van der Waals surface area contributed by atoms with Crippen LogP contribution in [0.3, 0.4) is 0 Å². The fraction of sp³-hybridized carbons (Fsp3) is 0.160. The summed E-state index contributed by atoms with van der Waals surface area (Å²) in [6.45, 7) is 0.714. The van der Waals surface area contributed by atoms with Gasteiger partial charge in [-0.1, -0.05) is 12.1 Å². The second-order valence-corrected chi connectivity index (χ2v) is 8.20. The molecule has 8 heteroatoms. The number of benzene rings is 2. The lowest BCUT2D eigenvalue weighted by Crippen LogP contribution is -2.08. The molecule has 0 spiro atoms. The van der Waals surface area contributed by atoms with Crippen LogP contribution in [0.4, 0.5) is 5.82 Å². The number of fused-ring (bicyclic) bond motifs is 1. The molecule has 0 aliphatic carbocycles. The number of methoxy groups -OCH3 is 2. The minimum atomic E-state index is 0.633. The topological polar surface area (TPSA) is 74.1 Å². The lowest BCUT2D eigenvalue weighted by atomic mass is 10.1. The van der Waals surface area contributed by atoms with Gasteiger partial charge in [-0.05, 0) is 59.8 Å². The van der Waals surface area contributed by atoms with Crippen molar-refractivity contribution in [2.45, 2.75) is 6.42 Å². The van der Waals surface area contributed by atoms with E-state index in [2.05, 4.69) is 33.9 Å². The molecule has 3 heterocycles. The lowest BCUT2D eigenvalue weighted by Gasteiger charge is -2.10. The Kier molecular flexibility index (Phi) is 5.91. The molecule has 166 valence electrons. The first-order chi connectivity index (χ1) is 16.2. The number of anilines is 1. The van der Waals surface area contributed by atoms with E-state index in [1.54, 1.807) is 31.9 Å². The molecule has 0 saturated carbocycles. The number of ether oxygens (including phenoxy) is 2. The summed E-state index contributed by atoms with van der Waals surface area (Å²) in [5.74, 6) is 3.00. The summed E-state index contributed by atoms with van der Waals surface area (Å²) in [6.07, 6.45) is 2.65. The fourth-order valence-electron chi connectivity index (χ4n) is 3.59. The van der Waals surface area contributed by atoms with Gasteiger partial charge in [-0.2, -0.15) is 11.3 Å². The molecule has 0 radical (unpaired) electrons. The lowest BCUT2D eigenvalue weighted by molar-refractivity contribution is 0.414. The Balaban J connectivity index is 1.48. The Hall–Kier alpha value is -3.91. The largest absolute Gasteiger partial charge is 0.497 e. The maximum absolute atomic E-state index is 5.29. The molecule has 0 atom stereocenters. The molecule has 33 heavy (non-hydrogen) atoms. The van der Waals surface area contributed by atoms with Crippen molar-refractivity contribution >= 4 is 28.3 Å². The van der Waals surface area contributed by atoms with E-state index < -0.39 is 0 Å². The summed E-state index contributed by atoms with van der Waals surface area (Å²) in [6, 6.07) is 17.9. The number of hydrogen-bond donors (Lipinski definition) is 1. The predicted octanol–water partition coefficient (Wildman–Crippen LogP) is 5.22. The Morgan fingerprint density at radius 3 is 2.30 bits per heavy atom. The van der Waals surface area contributed by atoms with Gasteiger partial charge in [0, 0.05) is 17.5 Å². The van der Waals surface area contributed by atoms with Gasteiger partial charge in [-0.25, -0.2) is 15.0 Å². The van der Waals surface area contributed by atoms with Crippen LogP contribution in [0.15, 0.2) is 71.7 Å².